The van der Waals surface area contributed by atoms with Gasteiger partial charge in [0.15, 0.2) is 0 Å². The van der Waals surface area contributed by atoms with E-state index in [2.05, 4.69) is 22.3 Å². The van der Waals surface area contributed by atoms with Crippen LogP contribution in [0.15, 0.2) is 24.3 Å². The molecule has 0 spiro atoms. The number of hydrogen-bond donors (Lipinski definition) is 1. The van der Waals surface area contributed by atoms with Crippen molar-refractivity contribution in [2.75, 3.05) is 37.7 Å². The van der Waals surface area contributed by atoms with Gasteiger partial charge in [0.1, 0.15) is 5.75 Å². The van der Waals surface area contributed by atoms with Crippen molar-refractivity contribution >= 4 is 5.69 Å². The molecule has 16 heavy (non-hydrogen) atoms. The topological polar surface area (TPSA) is 24.5 Å². The normalized spacial score (nSPS) is 15.4. The van der Waals surface area contributed by atoms with Gasteiger partial charge in [-0.25, -0.2) is 0 Å². The molecule has 1 aliphatic heterocycles. The smallest absolute Gasteiger partial charge is 1.00 e. The Morgan fingerprint density at radius 2 is 2.00 bits per heavy atom. The molecule has 90 valence electrons. The van der Waals surface area contributed by atoms with E-state index in [4.69, 9.17) is 4.74 Å². The van der Waals surface area contributed by atoms with Gasteiger partial charge in [0.05, 0.1) is 12.3 Å². The van der Waals surface area contributed by atoms with Crippen LogP contribution in [0.25, 0.3) is 0 Å². The number of piperazine rings is 1. The molecule has 1 N–H and O–H groups in total. The second-order valence-corrected chi connectivity index (χ2v) is 3.64. The summed E-state index contributed by atoms with van der Waals surface area (Å²) >= 11 is 0. The second kappa shape index (κ2) is 6.61. The molecule has 1 heterocycles. The van der Waals surface area contributed by atoms with Gasteiger partial charge in [0.2, 0.25) is 0 Å². The number of para-hydroxylation sites is 2. The third-order valence-electron chi connectivity index (χ3n) is 2.62. The fourth-order valence-electron chi connectivity index (χ4n) is 1.90. The fraction of sp³-hybridized carbons (Fsp3) is 0.500. The molecule has 1 aromatic carbocycles. The number of hydrogen-bond acceptors (Lipinski definition) is 3. The molecular formula is C12H19ClN2O. The highest BCUT2D eigenvalue weighted by molar-refractivity contribution is 5.58. The lowest BCUT2D eigenvalue weighted by Gasteiger charge is -2.30. The lowest BCUT2D eigenvalue weighted by Crippen LogP contribution is -3.00. The van der Waals surface area contributed by atoms with E-state index in [0.29, 0.717) is 0 Å². The SMILES string of the molecule is CCOc1ccccc1N1CCNCC1.[Cl-].[H+]. The number of anilines is 1. The summed E-state index contributed by atoms with van der Waals surface area (Å²) in [4.78, 5) is 2.38. The molecule has 0 aliphatic carbocycles. The van der Waals surface area contributed by atoms with Gasteiger partial charge < -0.3 is 27.4 Å². The molecule has 0 saturated carbocycles. The molecule has 1 fully saturated rings. The zero-order chi connectivity index (χ0) is 10.5. The second-order valence-electron chi connectivity index (χ2n) is 3.64. The van der Waals surface area contributed by atoms with E-state index in [0.717, 1.165) is 38.5 Å². The van der Waals surface area contributed by atoms with Crippen LogP contribution >= 0.6 is 0 Å². The Bertz CT molecular complexity index is 319. The largest absolute Gasteiger partial charge is 1.00 e. The molecule has 0 bridgehead atoms. The quantitative estimate of drug-likeness (QED) is 0.707. The van der Waals surface area contributed by atoms with Crippen LogP contribution in [0.5, 0.6) is 5.75 Å². The number of ether oxygens (including phenoxy) is 1. The van der Waals surface area contributed by atoms with Crippen LogP contribution < -0.4 is 27.4 Å². The fourth-order valence-corrected chi connectivity index (χ4v) is 1.90. The van der Waals surface area contributed by atoms with Crippen LogP contribution in [0.1, 0.15) is 8.35 Å². The summed E-state index contributed by atoms with van der Waals surface area (Å²) in [6.07, 6.45) is 0. The molecule has 1 aliphatic rings. The Morgan fingerprint density at radius 1 is 1.31 bits per heavy atom. The maximum absolute atomic E-state index is 5.63. The van der Waals surface area contributed by atoms with Crippen molar-refractivity contribution in [2.45, 2.75) is 6.92 Å². The van der Waals surface area contributed by atoms with Crippen LogP contribution in [0.2, 0.25) is 0 Å². The van der Waals surface area contributed by atoms with E-state index < -0.39 is 0 Å². The van der Waals surface area contributed by atoms with Gasteiger partial charge in [0, 0.05) is 26.2 Å². The summed E-state index contributed by atoms with van der Waals surface area (Å²) in [6.45, 7) is 6.98. The molecule has 2 rings (SSSR count). The first-order valence-electron chi connectivity index (χ1n) is 5.59. The van der Waals surface area contributed by atoms with E-state index in [9.17, 15) is 0 Å². The minimum absolute atomic E-state index is 0. The average molecular weight is 243 g/mol. The molecule has 0 amide bonds. The third kappa shape index (κ3) is 3.03. The summed E-state index contributed by atoms with van der Waals surface area (Å²) < 4.78 is 5.63. The summed E-state index contributed by atoms with van der Waals surface area (Å²) in [5, 5.41) is 3.35. The summed E-state index contributed by atoms with van der Waals surface area (Å²) in [5.41, 5.74) is 1.22. The van der Waals surface area contributed by atoms with Crippen LogP contribution in [0.3, 0.4) is 0 Å². The third-order valence-corrected chi connectivity index (χ3v) is 2.62. The van der Waals surface area contributed by atoms with Crippen molar-refractivity contribution in [3.8, 4) is 5.75 Å². The number of rotatable bonds is 3. The number of nitrogens with one attached hydrogen (secondary N) is 1. The van der Waals surface area contributed by atoms with Gasteiger partial charge in [-0.3, -0.25) is 0 Å². The van der Waals surface area contributed by atoms with Gasteiger partial charge in [0.25, 0.3) is 0 Å². The summed E-state index contributed by atoms with van der Waals surface area (Å²) in [6, 6.07) is 8.27. The monoisotopic (exact) mass is 242 g/mol. The molecule has 0 aromatic heterocycles. The van der Waals surface area contributed by atoms with Crippen LogP contribution in [0, 0.1) is 0 Å². The Balaban J connectivity index is 0.00000128. The van der Waals surface area contributed by atoms with Crippen molar-refractivity contribution in [3.63, 3.8) is 0 Å². The van der Waals surface area contributed by atoms with Crippen LogP contribution in [0.4, 0.5) is 5.69 Å². The minimum atomic E-state index is 0. The van der Waals surface area contributed by atoms with E-state index in [1.54, 1.807) is 0 Å². The maximum Gasteiger partial charge on any atom is 1.00 e. The highest BCUT2D eigenvalue weighted by atomic mass is 35.5. The summed E-state index contributed by atoms with van der Waals surface area (Å²) in [5.74, 6) is 1.00. The van der Waals surface area contributed by atoms with E-state index >= 15 is 0 Å². The molecule has 1 aromatic rings. The van der Waals surface area contributed by atoms with Crippen molar-refractivity contribution in [1.82, 2.24) is 5.32 Å². The zero-order valence-electron chi connectivity index (χ0n) is 10.6. The molecule has 1 saturated heterocycles. The molecular weight excluding hydrogens is 224 g/mol. The Kier molecular flexibility index (Phi) is 5.43. The van der Waals surface area contributed by atoms with Gasteiger partial charge in [-0.2, -0.15) is 0 Å². The summed E-state index contributed by atoms with van der Waals surface area (Å²) in [7, 11) is 0. The van der Waals surface area contributed by atoms with E-state index in [1.807, 2.05) is 19.1 Å². The van der Waals surface area contributed by atoms with Crippen LogP contribution in [-0.2, 0) is 0 Å². The average Bonchev–Trinajstić information content (AvgIpc) is 2.31. The maximum atomic E-state index is 5.63. The van der Waals surface area contributed by atoms with Crippen molar-refractivity contribution in [1.29, 1.82) is 0 Å². The number of halogens is 1. The Labute approximate surface area is 105 Å². The molecule has 0 radical (unpaired) electrons. The standard InChI is InChI=1S/C12H18N2O.ClH/c1-2-15-12-6-4-3-5-11(12)14-9-7-13-8-10-14;/h3-6,13H,2,7-10H2,1H3;1H. The van der Waals surface area contributed by atoms with Crippen molar-refractivity contribution in [2.24, 2.45) is 0 Å². The van der Waals surface area contributed by atoms with Crippen LogP contribution in [-0.4, -0.2) is 32.8 Å². The highest BCUT2D eigenvalue weighted by Gasteiger charge is 2.13. The number of benzene rings is 1. The zero-order valence-corrected chi connectivity index (χ0v) is 10.3. The predicted molar refractivity (Wildman–Crippen MR) is 63.8 cm³/mol. The van der Waals surface area contributed by atoms with Gasteiger partial charge in [-0.05, 0) is 19.1 Å². The predicted octanol–water partition coefficient (Wildman–Crippen LogP) is -1.39. The first-order valence-corrected chi connectivity index (χ1v) is 5.59. The Hall–Kier alpha value is -0.930. The lowest BCUT2D eigenvalue weighted by molar-refractivity contribution is -0.00000362. The van der Waals surface area contributed by atoms with E-state index in [1.165, 1.54) is 5.69 Å². The van der Waals surface area contributed by atoms with Crippen molar-refractivity contribution < 1.29 is 18.6 Å². The van der Waals surface area contributed by atoms with E-state index in [-0.39, 0.29) is 13.8 Å². The first-order chi connectivity index (χ1) is 7.42. The van der Waals surface area contributed by atoms with Gasteiger partial charge >= 0.3 is 1.43 Å². The Morgan fingerprint density at radius 3 is 2.69 bits per heavy atom. The lowest BCUT2D eigenvalue weighted by atomic mass is 10.2. The molecule has 3 nitrogen and oxygen atoms in total. The highest BCUT2D eigenvalue weighted by Crippen LogP contribution is 2.27. The first kappa shape index (κ1) is 13.1. The minimum Gasteiger partial charge on any atom is -1.00 e. The molecule has 0 unspecified atom stereocenters. The molecule has 4 heteroatoms. The number of nitrogens with zero attached hydrogens (tertiary/aromatic N) is 1. The van der Waals surface area contributed by atoms with Gasteiger partial charge in [-0.1, -0.05) is 12.1 Å². The molecule has 0 atom stereocenters. The van der Waals surface area contributed by atoms with Gasteiger partial charge in [-0.15, -0.1) is 0 Å². The van der Waals surface area contributed by atoms with Crippen molar-refractivity contribution in [3.05, 3.63) is 24.3 Å².